The molecular formula is C15H18N2OS. The molecular weight excluding hydrogens is 256 g/mol. The number of aromatic amines is 1. The highest BCUT2D eigenvalue weighted by atomic mass is 32.1. The number of hydrogen-bond donors (Lipinski definition) is 1. The van der Waals surface area contributed by atoms with Gasteiger partial charge in [0.05, 0.1) is 12.3 Å². The fraction of sp³-hybridized carbons (Fsp3) is 0.333. The van der Waals surface area contributed by atoms with Crippen molar-refractivity contribution in [3.05, 3.63) is 40.0 Å². The number of benzene rings is 1. The Morgan fingerprint density at radius 1 is 1.21 bits per heavy atom. The molecule has 3 nitrogen and oxygen atoms in total. The van der Waals surface area contributed by atoms with E-state index < -0.39 is 0 Å². The van der Waals surface area contributed by atoms with Gasteiger partial charge in [0, 0.05) is 5.56 Å². The second-order valence-electron chi connectivity index (χ2n) is 4.50. The van der Waals surface area contributed by atoms with Crippen LogP contribution in [0.3, 0.4) is 0 Å². The SMILES string of the molecule is CCCOc1ccccc1-c1n[nH]c(=S)c(C)c1C. The number of H-pyrrole nitrogens is 1. The van der Waals surface area contributed by atoms with E-state index in [1.54, 1.807) is 0 Å². The van der Waals surface area contributed by atoms with Gasteiger partial charge in [-0.3, -0.25) is 5.10 Å². The van der Waals surface area contributed by atoms with E-state index in [9.17, 15) is 0 Å². The van der Waals surface area contributed by atoms with E-state index >= 15 is 0 Å². The maximum absolute atomic E-state index is 5.79. The molecule has 0 aliphatic heterocycles. The number of ether oxygens (including phenoxy) is 1. The molecule has 1 heterocycles. The first kappa shape index (κ1) is 13.7. The van der Waals surface area contributed by atoms with Crippen molar-refractivity contribution in [2.75, 3.05) is 6.61 Å². The van der Waals surface area contributed by atoms with Crippen LogP contribution >= 0.6 is 12.2 Å². The Morgan fingerprint density at radius 2 is 1.95 bits per heavy atom. The van der Waals surface area contributed by atoms with Crippen LogP contribution in [-0.2, 0) is 0 Å². The molecule has 0 aliphatic rings. The Bertz CT molecular complexity index is 634. The minimum Gasteiger partial charge on any atom is -0.493 e. The second kappa shape index (κ2) is 5.97. The molecule has 0 unspecified atom stereocenters. The van der Waals surface area contributed by atoms with Crippen LogP contribution in [0.1, 0.15) is 24.5 Å². The summed E-state index contributed by atoms with van der Waals surface area (Å²) in [5.41, 5.74) is 4.06. The number of hydrogen-bond acceptors (Lipinski definition) is 3. The molecule has 0 amide bonds. The molecule has 1 N–H and O–H groups in total. The van der Waals surface area contributed by atoms with E-state index in [0.29, 0.717) is 11.2 Å². The van der Waals surface area contributed by atoms with Crippen molar-refractivity contribution in [2.45, 2.75) is 27.2 Å². The van der Waals surface area contributed by atoms with Gasteiger partial charge in [-0.25, -0.2) is 0 Å². The average molecular weight is 274 g/mol. The summed E-state index contributed by atoms with van der Waals surface area (Å²) in [5, 5.41) is 7.27. The highest BCUT2D eigenvalue weighted by Gasteiger charge is 2.12. The highest BCUT2D eigenvalue weighted by Crippen LogP contribution is 2.31. The van der Waals surface area contributed by atoms with E-state index in [2.05, 4.69) is 17.1 Å². The summed E-state index contributed by atoms with van der Waals surface area (Å²) in [4.78, 5) is 0. The minimum atomic E-state index is 0.688. The summed E-state index contributed by atoms with van der Waals surface area (Å²) < 4.78 is 6.47. The lowest BCUT2D eigenvalue weighted by Gasteiger charge is -2.13. The van der Waals surface area contributed by atoms with Crippen LogP contribution in [0, 0.1) is 18.5 Å². The molecule has 0 radical (unpaired) electrons. The molecule has 2 aromatic rings. The standard InChI is InChI=1S/C15H18N2OS/c1-4-9-18-13-8-6-5-7-12(13)14-10(2)11(3)15(19)17-16-14/h5-8H,4,9H2,1-3H3,(H,17,19). The molecule has 0 atom stereocenters. The Balaban J connectivity index is 2.53. The van der Waals surface area contributed by atoms with Crippen molar-refractivity contribution in [1.29, 1.82) is 0 Å². The molecule has 1 aromatic heterocycles. The van der Waals surface area contributed by atoms with Crippen LogP contribution in [-0.4, -0.2) is 16.8 Å². The maximum atomic E-state index is 5.79. The lowest BCUT2D eigenvalue weighted by atomic mass is 10.0. The molecule has 0 bridgehead atoms. The Labute approximate surface area is 118 Å². The highest BCUT2D eigenvalue weighted by molar-refractivity contribution is 7.71. The summed E-state index contributed by atoms with van der Waals surface area (Å²) in [5.74, 6) is 0.866. The van der Waals surface area contributed by atoms with E-state index in [1.807, 2.05) is 38.1 Å². The fourth-order valence-corrected chi connectivity index (χ4v) is 2.08. The van der Waals surface area contributed by atoms with Crippen LogP contribution in [0.2, 0.25) is 0 Å². The molecule has 0 aliphatic carbocycles. The van der Waals surface area contributed by atoms with E-state index in [4.69, 9.17) is 17.0 Å². The summed E-state index contributed by atoms with van der Waals surface area (Å²) in [6.45, 7) is 6.85. The minimum absolute atomic E-state index is 0.688. The number of nitrogens with zero attached hydrogens (tertiary/aromatic N) is 1. The van der Waals surface area contributed by atoms with Gasteiger partial charge < -0.3 is 4.74 Å². The van der Waals surface area contributed by atoms with Crippen LogP contribution in [0.4, 0.5) is 0 Å². The average Bonchev–Trinajstić information content (AvgIpc) is 2.43. The third-order valence-corrected chi connectivity index (χ3v) is 3.53. The molecule has 0 fully saturated rings. The monoisotopic (exact) mass is 274 g/mol. The number of rotatable bonds is 4. The lowest BCUT2D eigenvalue weighted by molar-refractivity contribution is 0.318. The Morgan fingerprint density at radius 3 is 2.68 bits per heavy atom. The summed E-state index contributed by atoms with van der Waals surface area (Å²) in [6, 6.07) is 7.97. The van der Waals surface area contributed by atoms with Crippen LogP contribution in [0.5, 0.6) is 5.75 Å². The largest absolute Gasteiger partial charge is 0.493 e. The summed E-state index contributed by atoms with van der Waals surface area (Å²) in [7, 11) is 0. The molecule has 100 valence electrons. The predicted molar refractivity (Wildman–Crippen MR) is 80.1 cm³/mol. The van der Waals surface area contributed by atoms with Gasteiger partial charge in [-0.15, -0.1) is 0 Å². The topological polar surface area (TPSA) is 37.9 Å². The van der Waals surface area contributed by atoms with Crippen LogP contribution in [0.15, 0.2) is 24.3 Å². The maximum Gasteiger partial charge on any atom is 0.128 e. The van der Waals surface area contributed by atoms with Gasteiger partial charge in [-0.2, -0.15) is 5.10 Å². The van der Waals surface area contributed by atoms with Gasteiger partial charge in [0.15, 0.2) is 0 Å². The quantitative estimate of drug-likeness (QED) is 0.849. The fourth-order valence-electron chi connectivity index (χ4n) is 1.88. The van der Waals surface area contributed by atoms with E-state index in [1.165, 1.54) is 0 Å². The Hall–Kier alpha value is -1.68. The molecule has 4 heteroatoms. The first-order valence-corrected chi connectivity index (χ1v) is 6.84. The van der Waals surface area contributed by atoms with Crippen molar-refractivity contribution in [3.63, 3.8) is 0 Å². The molecule has 1 aromatic carbocycles. The van der Waals surface area contributed by atoms with Crippen molar-refractivity contribution in [1.82, 2.24) is 10.2 Å². The van der Waals surface area contributed by atoms with Crippen molar-refractivity contribution >= 4 is 12.2 Å². The number of para-hydroxylation sites is 1. The zero-order chi connectivity index (χ0) is 13.8. The van der Waals surface area contributed by atoms with Crippen molar-refractivity contribution in [3.8, 4) is 17.0 Å². The number of aromatic nitrogens is 2. The lowest BCUT2D eigenvalue weighted by Crippen LogP contribution is -2.01. The van der Waals surface area contributed by atoms with Gasteiger partial charge >= 0.3 is 0 Å². The summed E-state index contributed by atoms with van der Waals surface area (Å²) in [6.07, 6.45) is 0.983. The zero-order valence-corrected chi connectivity index (χ0v) is 12.3. The smallest absolute Gasteiger partial charge is 0.128 e. The van der Waals surface area contributed by atoms with Crippen molar-refractivity contribution < 1.29 is 4.74 Å². The first-order chi connectivity index (χ1) is 9.15. The first-order valence-electron chi connectivity index (χ1n) is 6.43. The van der Waals surface area contributed by atoms with Crippen LogP contribution in [0.25, 0.3) is 11.3 Å². The zero-order valence-electron chi connectivity index (χ0n) is 11.5. The molecule has 0 saturated carbocycles. The molecule has 2 rings (SSSR count). The third-order valence-electron chi connectivity index (χ3n) is 3.13. The molecule has 19 heavy (non-hydrogen) atoms. The van der Waals surface area contributed by atoms with Gasteiger partial charge in [0.1, 0.15) is 10.4 Å². The van der Waals surface area contributed by atoms with Gasteiger partial charge in [0.2, 0.25) is 0 Å². The van der Waals surface area contributed by atoms with Gasteiger partial charge in [0.25, 0.3) is 0 Å². The summed E-state index contributed by atoms with van der Waals surface area (Å²) >= 11 is 5.20. The van der Waals surface area contributed by atoms with E-state index in [0.717, 1.165) is 34.6 Å². The molecule has 0 saturated heterocycles. The van der Waals surface area contributed by atoms with Crippen LogP contribution < -0.4 is 4.74 Å². The van der Waals surface area contributed by atoms with Gasteiger partial charge in [-0.05, 0) is 43.5 Å². The second-order valence-corrected chi connectivity index (χ2v) is 4.90. The normalized spacial score (nSPS) is 10.5. The van der Waals surface area contributed by atoms with Gasteiger partial charge in [-0.1, -0.05) is 31.3 Å². The molecule has 0 spiro atoms. The Kier molecular flexibility index (Phi) is 4.32. The number of nitrogens with one attached hydrogen (secondary N) is 1. The van der Waals surface area contributed by atoms with Crippen molar-refractivity contribution in [2.24, 2.45) is 0 Å². The third kappa shape index (κ3) is 2.84. The van der Waals surface area contributed by atoms with E-state index in [-0.39, 0.29) is 0 Å². The predicted octanol–water partition coefficient (Wildman–Crippen LogP) is 4.21.